The first kappa shape index (κ1) is 16.5. The van der Waals surface area contributed by atoms with Gasteiger partial charge in [0.25, 0.3) is 0 Å². The molecule has 0 saturated carbocycles. The largest absolute Gasteiger partial charge is 0.373 e. The molecule has 1 aromatic rings. The Labute approximate surface area is 158 Å². The number of nitrogens with zero attached hydrogens (tertiary/aromatic N) is 2. The van der Waals surface area contributed by atoms with Gasteiger partial charge >= 0.3 is 0 Å². The summed E-state index contributed by atoms with van der Waals surface area (Å²) in [4.78, 5) is 2.27. The zero-order chi connectivity index (χ0) is 18.5. The Bertz CT molecular complexity index is 980. The van der Waals surface area contributed by atoms with E-state index < -0.39 is 0 Å². The minimum Gasteiger partial charge on any atom is -0.373 e. The number of benzene rings is 1. The van der Waals surface area contributed by atoms with Gasteiger partial charge in [0.05, 0.1) is 17.5 Å². The lowest BCUT2D eigenvalue weighted by atomic mass is 9.83. The van der Waals surface area contributed by atoms with E-state index in [0.717, 1.165) is 59.6 Å². The van der Waals surface area contributed by atoms with Gasteiger partial charge < -0.3 is 10.2 Å². The number of hydrogen-bond acceptors (Lipinski definition) is 4. The zero-order valence-corrected chi connectivity index (χ0v) is 15.6. The third-order valence-electron chi connectivity index (χ3n) is 5.88. The van der Waals surface area contributed by atoms with Crippen molar-refractivity contribution in [1.29, 1.82) is 0 Å². The van der Waals surface area contributed by atoms with Crippen LogP contribution in [0.2, 0.25) is 0 Å². The van der Waals surface area contributed by atoms with E-state index in [9.17, 15) is 4.39 Å². The van der Waals surface area contributed by atoms with Gasteiger partial charge in [-0.3, -0.25) is 5.43 Å². The molecule has 0 amide bonds. The highest BCUT2D eigenvalue weighted by molar-refractivity contribution is 6.20. The predicted octanol–water partition coefficient (Wildman–Crippen LogP) is 3.40. The van der Waals surface area contributed by atoms with Crippen molar-refractivity contribution < 1.29 is 4.39 Å². The quantitative estimate of drug-likeness (QED) is 0.847. The van der Waals surface area contributed by atoms with E-state index in [-0.39, 0.29) is 11.9 Å². The Morgan fingerprint density at radius 2 is 2.19 bits per heavy atom. The number of fused-ring (bicyclic) bond motifs is 2. The van der Waals surface area contributed by atoms with Crippen LogP contribution in [0.4, 0.5) is 4.39 Å². The lowest BCUT2D eigenvalue weighted by Gasteiger charge is -2.37. The molecule has 1 atom stereocenters. The first-order valence-electron chi connectivity index (χ1n) is 9.62. The molecule has 3 heterocycles. The molecular formula is C22H23FN4. The first-order valence-corrected chi connectivity index (χ1v) is 9.62. The van der Waals surface area contributed by atoms with Crippen molar-refractivity contribution in [3.05, 3.63) is 69.8 Å². The molecule has 1 aromatic carbocycles. The van der Waals surface area contributed by atoms with Crippen molar-refractivity contribution in [1.82, 2.24) is 15.6 Å². The van der Waals surface area contributed by atoms with Gasteiger partial charge in [0.1, 0.15) is 5.82 Å². The van der Waals surface area contributed by atoms with Crippen LogP contribution in [-0.2, 0) is 0 Å². The average Bonchev–Trinajstić information content (AvgIpc) is 3.01. The standard InChI is InChI=1S/C22H23FN4/c1-3-19-21(13-6-8-24-9-7-13)22-17(12-27(19)2)16-11-15(23)10-14-4-5-18(20(14)16)25-26-22/h4-6,10-12,19,24,26H,3,7-9H2,1-2H3/t19-/m0/s1. The Kier molecular flexibility index (Phi) is 3.79. The van der Waals surface area contributed by atoms with Gasteiger partial charge in [-0.05, 0) is 54.3 Å². The Morgan fingerprint density at radius 3 is 2.96 bits per heavy atom. The van der Waals surface area contributed by atoms with Crippen molar-refractivity contribution in [3.63, 3.8) is 0 Å². The second-order valence-corrected chi connectivity index (χ2v) is 7.46. The van der Waals surface area contributed by atoms with Crippen LogP contribution in [0.5, 0.6) is 0 Å². The molecule has 4 aliphatic rings. The second kappa shape index (κ2) is 6.20. The number of rotatable bonds is 2. The van der Waals surface area contributed by atoms with Crippen molar-refractivity contribution in [3.8, 4) is 0 Å². The van der Waals surface area contributed by atoms with E-state index in [2.05, 4.69) is 47.0 Å². The summed E-state index contributed by atoms with van der Waals surface area (Å²) in [6.07, 6.45) is 10.3. The van der Waals surface area contributed by atoms with Gasteiger partial charge in [0, 0.05) is 36.5 Å². The molecule has 0 aromatic heterocycles. The molecule has 0 fully saturated rings. The van der Waals surface area contributed by atoms with E-state index in [1.807, 2.05) is 12.2 Å². The molecule has 5 heteroatoms. The van der Waals surface area contributed by atoms with Crippen LogP contribution < -0.4 is 10.7 Å². The van der Waals surface area contributed by atoms with Crippen LogP contribution in [-0.4, -0.2) is 36.8 Å². The number of halogens is 1. The fourth-order valence-electron chi connectivity index (χ4n) is 4.65. The summed E-state index contributed by atoms with van der Waals surface area (Å²) in [5.74, 6) is -0.209. The normalized spacial score (nSPS) is 23.1. The number of nitrogens with one attached hydrogen (secondary N) is 2. The number of hydrogen-bond donors (Lipinski definition) is 2. The maximum absolute atomic E-state index is 14.4. The summed E-state index contributed by atoms with van der Waals surface area (Å²) in [6, 6.07) is 3.52. The van der Waals surface area contributed by atoms with Gasteiger partial charge in [0.2, 0.25) is 0 Å². The molecule has 0 radical (unpaired) electrons. The lowest BCUT2D eigenvalue weighted by Crippen LogP contribution is -2.37. The summed E-state index contributed by atoms with van der Waals surface area (Å²) < 4.78 is 14.4. The molecule has 2 N–H and O–H groups in total. The fourth-order valence-corrected chi connectivity index (χ4v) is 4.65. The van der Waals surface area contributed by atoms with E-state index in [0.29, 0.717) is 0 Å². The summed E-state index contributed by atoms with van der Waals surface area (Å²) in [7, 11) is 2.12. The highest BCUT2D eigenvalue weighted by Crippen LogP contribution is 2.41. The molecule has 0 bridgehead atoms. The maximum Gasteiger partial charge on any atom is 0.124 e. The Balaban J connectivity index is 1.78. The van der Waals surface area contributed by atoms with Crippen LogP contribution in [0.25, 0.3) is 11.6 Å². The van der Waals surface area contributed by atoms with Crippen molar-refractivity contribution >= 4 is 17.4 Å². The van der Waals surface area contributed by atoms with Crippen molar-refractivity contribution in [2.45, 2.75) is 25.8 Å². The van der Waals surface area contributed by atoms with Crippen LogP contribution in [0.3, 0.4) is 0 Å². The SMILES string of the molecule is CC[C@H]1C(C2=CCNCC2)=C2NN=C3C=Cc4cc(F)cc(c43)C2=CN1C. The minimum atomic E-state index is -0.209. The molecule has 138 valence electrons. The third-order valence-corrected chi connectivity index (χ3v) is 5.88. The van der Waals surface area contributed by atoms with Gasteiger partial charge in [-0.15, -0.1) is 0 Å². The molecule has 27 heavy (non-hydrogen) atoms. The average molecular weight is 362 g/mol. The smallest absolute Gasteiger partial charge is 0.124 e. The summed E-state index contributed by atoms with van der Waals surface area (Å²) in [5.41, 5.74) is 11.8. The third kappa shape index (κ3) is 2.49. The molecule has 1 aliphatic carbocycles. The van der Waals surface area contributed by atoms with Gasteiger partial charge in [0.15, 0.2) is 0 Å². The van der Waals surface area contributed by atoms with Crippen LogP contribution in [0, 0.1) is 5.82 Å². The molecule has 0 unspecified atom stereocenters. The highest BCUT2D eigenvalue weighted by atomic mass is 19.1. The van der Waals surface area contributed by atoms with Crippen molar-refractivity contribution in [2.24, 2.45) is 5.10 Å². The number of allylic oxidation sites excluding steroid dienone is 2. The number of hydrazone groups is 1. The second-order valence-electron chi connectivity index (χ2n) is 7.46. The fraction of sp³-hybridized carbons (Fsp3) is 0.318. The Morgan fingerprint density at radius 1 is 1.30 bits per heavy atom. The summed E-state index contributed by atoms with van der Waals surface area (Å²) in [5, 5.41) is 8.08. The topological polar surface area (TPSA) is 39.7 Å². The highest BCUT2D eigenvalue weighted by Gasteiger charge is 2.34. The predicted molar refractivity (Wildman–Crippen MR) is 108 cm³/mol. The van der Waals surface area contributed by atoms with Gasteiger partial charge in [-0.1, -0.05) is 19.1 Å². The van der Waals surface area contributed by atoms with Crippen molar-refractivity contribution in [2.75, 3.05) is 20.1 Å². The molecule has 0 saturated heterocycles. The molecule has 3 aliphatic heterocycles. The minimum absolute atomic E-state index is 0.209. The van der Waals surface area contributed by atoms with Crippen LogP contribution in [0.1, 0.15) is 36.5 Å². The van der Waals surface area contributed by atoms with Gasteiger partial charge in [-0.25, -0.2) is 4.39 Å². The Hall–Kier alpha value is -2.66. The lowest BCUT2D eigenvalue weighted by molar-refractivity contribution is 0.354. The van der Waals surface area contributed by atoms with E-state index in [1.54, 1.807) is 12.1 Å². The molecular weight excluding hydrogens is 339 g/mol. The van der Waals surface area contributed by atoms with Crippen LogP contribution in [0.15, 0.2) is 52.4 Å². The van der Waals surface area contributed by atoms with E-state index in [4.69, 9.17) is 0 Å². The van der Waals surface area contributed by atoms with E-state index >= 15 is 0 Å². The monoisotopic (exact) mass is 362 g/mol. The van der Waals surface area contributed by atoms with Gasteiger partial charge in [-0.2, -0.15) is 5.10 Å². The first-order chi connectivity index (χ1) is 13.2. The summed E-state index contributed by atoms with van der Waals surface area (Å²) >= 11 is 0. The van der Waals surface area contributed by atoms with E-state index in [1.165, 1.54) is 11.1 Å². The molecule has 4 nitrogen and oxygen atoms in total. The van der Waals surface area contributed by atoms with Crippen LogP contribution >= 0.6 is 0 Å². The molecule has 0 spiro atoms. The molecule has 5 rings (SSSR count). The maximum atomic E-state index is 14.4. The zero-order valence-electron chi connectivity index (χ0n) is 15.6. The number of likely N-dealkylation sites (N-methyl/N-ethyl adjacent to an activating group) is 1. The summed E-state index contributed by atoms with van der Waals surface area (Å²) in [6.45, 7) is 4.08.